The van der Waals surface area contributed by atoms with Gasteiger partial charge in [-0.1, -0.05) is 42.5 Å². The first-order chi connectivity index (χ1) is 16.9. The van der Waals surface area contributed by atoms with Crippen molar-refractivity contribution in [3.05, 3.63) is 77.5 Å². The zero-order valence-electron chi connectivity index (χ0n) is 20.5. The smallest absolute Gasteiger partial charge is 0.240 e. The first-order valence-electron chi connectivity index (χ1n) is 11.8. The molecule has 1 aliphatic heterocycles. The second-order valence-electron chi connectivity index (χ2n) is 9.18. The van der Waals surface area contributed by atoms with Crippen LogP contribution in [-0.2, 0) is 31.1 Å². The number of carbonyl (C=O) groups excluding carboxylic acids is 3. The van der Waals surface area contributed by atoms with Crippen LogP contribution in [0.5, 0.6) is 0 Å². The summed E-state index contributed by atoms with van der Waals surface area (Å²) in [6, 6.07) is 17.2. The van der Waals surface area contributed by atoms with Crippen molar-refractivity contribution < 1.29 is 19.1 Å². The van der Waals surface area contributed by atoms with Crippen LogP contribution in [0.1, 0.15) is 36.0 Å². The molecule has 4 rings (SSSR count). The van der Waals surface area contributed by atoms with Gasteiger partial charge < -0.3 is 9.64 Å². The molecule has 7 heteroatoms. The summed E-state index contributed by atoms with van der Waals surface area (Å²) in [4.78, 5) is 47.6. The Morgan fingerprint density at radius 1 is 1.11 bits per heavy atom. The summed E-state index contributed by atoms with van der Waals surface area (Å²) < 4.78 is 5.10. The number of fused-ring (bicyclic) bond motifs is 1. The first kappa shape index (κ1) is 24.5. The van der Waals surface area contributed by atoms with Gasteiger partial charge in [0.05, 0.1) is 10.9 Å². The van der Waals surface area contributed by atoms with Gasteiger partial charge in [-0.3, -0.25) is 24.3 Å². The highest BCUT2D eigenvalue weighted by atomic mass is 16.5. The van der Waals surface area contributed by atoms with Crippen molar-refractivity contribution in [2.75, 3.05) is 27.3 Å². The average Bonchev–Trinajstić information content (AvgIpc) is 3.09. The van der Waals surface area contributed by atoms with Gasteiger partial charge in [0, 0.05) is 58.3 Å². The lowest BCUT2D eigenvalue weighted by atomic mass is 9.74. The first-order valence-corrected chi connectivity index (χ1v) is 11.8. The van der Waals surface area contributed by atoms with E-state index in [0.717, 1.165) is 27.6 Å². The lowest BCUT2D eigenvalue weighted by Crippen LogP contribution is -2.43. The summed E-state index contributed by atoms with van der Waals surface area (Å²) >= 11 is 0. The van der Waals surface area contributed by atoms with Crippen molar-refractivity contribution >= 4 is 28.6 Å². The number of amides is 3. The topological polar surface area (TPSA) is 79.8 Å². The Balaban J connectivity index is 1.62. The van der Waals surface area contributed by atoms with E-state index in [9.17, 15) is 14.4 Å². The van der Waals surface area contributed by atoms with Crippen LogP contribution in [0.4, 0.5) is 0 Å². The largest absolute Gasteiger partial charge is 0.385 e. The standard InChI is InChI=1S/C28H31N3O4/c1-20-9-4-5-12-23(20)28(18-26(33)31(27(28)34)15-8-16-35-3)17-25(32)30(2)19-21-10-6-13-24-22(21)11-7-14-29-24/h4-7,9-14H,8,15-19H2,1-3H3. The Morgan fingerprint density at radius 2 is 1.91 bits per heavy atom. The number of aromatic nitrogens is 1. The molecule has 3 amide bonds. The number of rotatable bonds is 9. The Hall–Kier alpha value is -3.58. The number of methoxy groups -OCH3 is 1. The molecule has 35 heavy (non-hydrogen) atoms. The van der Waals surface area contributed by atoms with E-state index < -0.39 is 5.41 Å². The molecule has 1 unspecified atom stereocenters. The summed E-state index contributed by atoms with van der Waals surface area (Å²) in [5, 5.41) is 0.986. The third kappa shape index (κ3) is 4.82. The van der Waals surface area contributed by atoms with Crippen LogP contribution in [0, 0.1) is 6.92 Å². The van der Waals surface area contributed by atoms with Crippen LogP contribution < -0.4 is 0 Å². The molecule has 182 valence electrons. The Morgan fingerprint density at radius 3 is 2.69 bits per heavy atom. The van der Waals surface area contributed by atoms with Crippen LogP contribution in [0.3, 0.4) is 0 Å². The number of aryl methyl sites for hydroxylation is 1. The number of nitrogens with zero attached hydrogens (tertiary/aromatic N) is 3. The molecule has 2 aromatic carbocycles. The average molecular weight is 474 g/mol. The lowest BCUT2D eigenvalue weighted by molar-refractivity contribution is -0.142. The molecule has 1 aliphatic rings. The fourth-order valence-electron chi connectivity index (χ4n) is 4.99. The second-order valence-corrected chi connectivity index (χ2v) is 9.18. The summed E-state index contributed by atoms with van der Waals surface area (Å²) in [7, 11) is 3.33. The molecule has 3 aromatic rings. The predicted octanol–water partition coefficient (Wildman–Crippen LogP) is 3.63. The number of pyridine rings is 1. The molecule has 1 atom stereocenters. The molecular weight excluding hydrogens is 442 g/mol. The van der Waals surface area contributed by atoms with Gasteiger partial charge in [-0.05, 0) is 42.2 Å². The molecule has 1 fully saturated rings. The quantitative estimate of drug-likeness (QED) is 0.350. The van der Waals surface area contributed by atoms with Crippen molar-refractivity contribution in [1.82, 2.24) is 14.8 Å². The van der Waals surface area contributed by atoms with Crippen LogP contribution in [0.2, 0.25) is 0 Å². The highest BCUT2D eigenvalue weighted by molar-refractivity contribution is 6.11. The van der Waals surface area contributed by atoms with Crippen molar-refractivity contribution in [2.45, 2.75) is 38.1 Å². The van der Waals surface area contributed by atoms with Crippen LogP contribution in [0.25, 0.3) is 10.9 Å². The van der Waals surface area contributed by atoms with Crippen molar-refractivity contribution in [2.24, 2.45) is 0 Å². The molecule has 0 aliphatic carbocycles. The maximum Gasteiger partial charge on any atom is 0.240 e. The maximum absolute atomic E-state index is 13.8. The minimum Gasteiger partial charge on any atom is -0.385 e. The van der Waals surface area contributed by atoms with E-state index in [0.29, 0.717) is 19.6 Å². The molecular formula is C28H31N3O4. The third-order valence-corrected chi connectivity index (χ3v) is 6.82. The predicted molar refractivity (Wildman–Crippen MR) is 134 cm³/mol. The SMILES string of the molecule is COCCCN1C(=O)CC(CC(=O)N(C)Cc2cccc3ncccc23)(c2ccccc2C)C1=O. The van der Waals surface area contributed by atoms with Gasteiger partial charge in [-0.25, -0.2) is 0 Å². The van der Waals surface area contributed by atoms with Gasteiger partial charge in [0.15, 0.2) is 0 Å². The molecule has 0 radical (unpaired) electrons. The number of imide groups is 1. The van der Waals surface area contributed by atoms with Crippen molar-refractivity contribution in [3.63, 3.8) is 0 Å². The number of ether oxygens (including phenoxy) is 1. The van der Waals surface area contributed by atoms with E-state index in [1.165, 1.54) is 4.90 Å². The van der Waals surface area contributed by atoms with E-state index in [1.807, 2.05) is 61.5 Å². The summed E-state index contributed by atoms with van der Waals surface area (Å²) in [5.74, 6) is -0.733. The van der Waals surface area contributed by atoms with Gasteiger partial charge in [-0.15, -0.1) is 0 Å². The Bertz CT molecular complexity index is 1250. The van der Waals surface area contributed by atoms with Crippen LogP contribution >= 0.6 is 0 Å². The zero-order valence-corrected chi connectivity index (χ0v) is 20.5. The fraction of sp³-hybridized carbons (Fsp3) is 0.357. The number of carbonyl (C=O) groups is 3. The molecule has 1 aromatic heterocycles. The number of benzene rings is 2. The van der Waals surface area contributed by atoms with Gasteiger partial charge >= 0.3 is 0 Å². The van der Waals surface area contributed by atoms with E-state index in [1.54, 1.807) is 25.3 Å². The van der Waals surface area contributed by atoms with Gasteiger partial charge in [0.2, 0.25) is 17.7 Å². The number of hydrogen-bond donors (Lipinski definition) is 0. The normalized spacial score (nSPS) is 17.9. The molecule has 0 spiro atoms. The summed E-state index contributed by atoms with van der Waals surface area (Å²) in [6.45, 7) is 3.04. The highest BCUT2D eigenvalue weighted by Crippen LogP contribution is 2.41. The number of likely N-dealkylation sites (tertiary alicyclic amines) is 1. The lowest BCUT2D eigenvalue weighted by Gasteiger charge is -2.30. The fourth-order valence-corrected chi connectivity index (χ4v) is 4.99. The van der Waals surface area contributed by atoms with E-state index in [2.05, 4.69) is 4.98 Å². The number of hydrogen-bond acceptors (Lipinski definition) is 5. The van der Waals surface area contributed by atoms with Crippen LogP contribution in [0.15, 0.2) is 60.8 Å². The van der Waals surface area contributed by atoms with Crippen molar-refractivity contribution in [1.29, 1.82) is 0 Å². The zero-order chi connectivity index (χ0) is 25.0. The third-order valence-electron chi connectivity index (χ3n) is 6.82. The minimum atomic E-state index is -1.21. The molecule has 0 N–H and O–H groups in total. The molecule has 1 saturated heterocycles. The molecule has 7 nitrogen and oxygen atoms in total. The van der Waals surface area contributed by atoms with Gasteiger partial charge in [0.1, 0.15) is 0 Å². The Kier molecular flexibility index (Phi) is 7.26. The maximum atomic E-state index is 13.8. The molecule has 0 bridgehead atoms. The molecule has 0 saturated carbocycles. The van der Waals surface area contributed by atoms with E-state index in [4.69, 9.17) is 4.74 Å². The minimum absolute atomic E-state index is 0.0125. The van der Waals surface area contributed by atoms with Crippen LogP contribution in [-0.4, -0.2) is 59.8 Å². The summed E-state index contributed by atoms with van der Waals surface area (Å²) in [6.07, 6.45) is 2.22. The van der Waals surface area contributed by atoms with E-state index in [-0.39, 0.29) is 37.1 Å². The van der Waals surface area contributed by atoms with Gasteiger partial charge in [-0.2, -0.15) is 0 Å². The second kappa shape index (κ2) is 10.4. The van der Waals surface area contributed by atoms with Gasteiger partial charge in [0.25, 0.3) is 0 Å². The monoisotopic (exact) mass is 473 g/mol. The highest BCUT2D eigenvalue weighted by Gasteiger charge is 2.54. The summed E-state index contributed by atoms with van der Waals surface area (Å²) in [5.41, 5.74) is 2.27. The Labute approximate surface area is 205 Å². The molecule has 2 heterocycles. The van der Waals surface area contributed by atoms with E-state index >= 15 is 0 Å². The van der Waals surface area contributed by atoms with Crippen molar-refractivity contribution in [3.8, 4) is 0 Å².